The summed E-state index contributed by atoms with van der Waals surface area (Å²) in [5.41, 5.74) is 0.0601. The van der Waals surface area contributed by atoms with Crippen molar-refractivity contribution in [2.45, 2.75) is 51.4 Å². The Kier molecular flexibility index (Phi) is 9.56. The number of hydrogen-bond acceptors (Lipinski definition) is 6. The van der Waals surface area contributed by atoms with Gasteiger partial charge in [0.05, 0.1) is 12.3 Å². The summed E-state index contributed by atoms with van der Waals surface area (Å²) in [5, 5.41) is 5.25. The van der Waals surface area contributed by atoms with Crippen molar-refractivity contribution >= 4 is 33.2 Å². The molecule has 2 aromatic rings. The third kappa shape index (κ3) is 8.33. The summed E-state index contributed by atoms with van der Waals surface area (Å²) in [4.78, 5) is 24.0. The van der Waals surface area contributed by atoms with E-state index in [0.29, 0.717) is 6.42 Å². The predicted molar refractivity (Wildman–Crippen MR) is 127 cm³/mol. The molecule has 0 bridgehead atoms. The lowest BCUT2D eigenvalue weighted by Crippen LogP contribution is -2.46. The van der Waals surface area contributed by atoms with Crippen molar-refractivity contribution in [1.82, 2.24) is 5.32 Å². The van der Waals surface area contributed by atoms with Gasteiger partial charge < -0.3 is 20.1 Å². The van der Waals surface area contributed by atoms with Gasteiger partial charge in [-0.2, -0.15) is 0 Å². The molecule has 2 aromatic carbocycles. The van der Waals surface area contributed by atoms with E-state index in [9.17, 15) is 31.2 Å². The van der Waals surface area contributed by atoms with Gasteiger partial charge in [0, 0.05) is 24.7 Å². The first-order valence-corrected chi connectivity index (χ1v) is 12.5. The van der Waals surface area contributed by atoms with Crippen LogP contribution in [0.3, 0.4) is 0 Å². The second-order valence-electron chi connectivity index (χ2n) is 7.83. The maximum absolute atomic E-state index is 13.0. The minimum Gasteiger partial charge on any atom is -0.492 e. The van der Waals surface area contributed by atoms with Crippen molar-refractivity contribution < 1.29 is 40.7 Å². The number of amides is 2. The standard InChI is InChI=1S/C23H28F3N3O6S/c1-5-14(3)21(27-15(4)30)22(31)28-16-10-11-20(19(13-16)34-6-2)36(32,33)29-17-8-7-9-18(12-17)35-23(24,25)26/h7-14,21,29H,5-6H2,1-4H3,(H,27,30)(H,28,31)/t14?,21-/m0/s1. The normalized spacial score (nSPS) is 13.3. The number of nitrogens with one attached hydrogen (secondary N) is 3. The second-order valence-corrected chi connectivity index (χ2v) is 9.48. The van der Waals surface area contributed by atoms with E-state index in [-0.39, 0.29) is 40.5 Å². The van der Waals surface area contributed by atoms with Crippen LogP contribution >= 0.6 is 0 Å². The Hall–Kier alpha value is -3.48. The second kappa shape index (κ2) is 12.0. The van der Waals surface area contributed by atoms with Gasteiger partial charge in [-0.25, -0.2) is 8.42 Å². The number of hydrogen-bond donors (Lipinski definition) is 3. The number of carbonyl (C=O) groups is 2. The van der Waals surface area contributed by atoms with E-state index >= 15 is 0 Å². The van der Waals surface area contributed by atoms with Crippen LogP contribution in [-0.4, -0.2) is 39.2 Å². The Bertz CT molecular complexity index is 1190. The van der Waals surface area contributed by atoms with Crippen molar-refractivity contribution in [2.24, 2.45) is 5.92 Å². The lowest BCUT2D eigenvalue weighted by molar-refractivity contribution is -0.274. The van der Waals surface area contributed by atoms with E-state index in [0.717, 1.165) is 12.1 Å². The molecule has 3 N–H and O–H groups in total. The third-order valence-electron chi connectivity index (χ3n) is 4.97. The summed E-state index contributed by atoms with van der Waals surface area (Å²) in [6, 6.07) is 7.39. The van der Waals surface area contributed by atoms with Gasteiger partial charge in [0.2, 0.25) is 11.8 Å². The molecule has 0 aliphatic heterocycles. The molecule has 0 heterocycles. The fourth-order valence-electron chi connectivity index (χ4n) is 3.18. The topological polar surface area (TPSA) is 123 Å². The summed E-state index contributed by atoms with van der Waals surface area (Å²) in [7, 11) is -4.30. The molecule has 1 unspecified atom stereocenters. The first-order valence-electron chi connectivity index (χ1n) is 11.0. The molecule has 0 aliphatic carbocycles. The summed E-state index contributed by atoms with van der Waals surface area (Å²) in [5.74, 6) is -1.72. The van der Waals surface area contributed by atoms with Crippen molar-refractivity contribution in [3.63, 3.8) is 0 Å². The monoisotopic (exact) mass is 531 g/mol. The zero-order chi connectivity index (χ0) is 27.1. The number of rotatable bonds is 11. The summed E-state index contributed by atoms with van der Waals surface area (Å²) < 4.78 is 74.9. The molecule has 36 heavy (non-hydrogen) atoms. The molecule has 9 nitrogen and oxygen atoms in total. The van der Waals surface area contributed by atoms with Gasteiger partial charge in [-0.1, -0.05) is 26.3 Å². The molecule has 0 fully saturated rings. The molecule has 13 heteroatoms. The Labute approximate surface area is 207 Å². The highest BCUT2D eigenvalue weighted by Gasteiger charge is 2.31. The molecule has 0 aliphatic rings. The minimum absolute atomic E-state index is 0.0925. The van der Waals surface area contributed by atoms with Crippen LogP contribution in [0.1, 0.15) is 34.1 Å². The van der Waals surface area contributed by atoms with E-state index in [1.54, 1.807) is 6.92 Å². The molecule has 0 saturated heterocycles. The lowest BCUT2D eigenvalue weighted by atomic mass is 9.98. The number of alkyl halides is 3. The maximum Gasteiger partial charge on any atom is 0.573 e. The summed E-state index contributed by atoms with van der Waals surface area (Å²) >= 11 is 0. The average molecular weight is 532 g/mol. The molecular weight excluding hydrogens is 503 g/mol. The van der Waals surface area contributed by atoms with Gasteiger partial charge in [-0.15, -0.1) is 13.2 Å². The Balaban J connectivity index is 2.32. The number of benzene rings is 2. The van der Waals surface area contributed by atoms with Gasteiger partial charge in [0.1, 0.15) is 22.4 Å². The average Bonchev–Trinajstić information content (AvgIpc) is 2.75. The highest BCUT2D eigenvalue weighted by molar-refractivity contribution is 7.92. The predicted octanol–water partition coefficient (Wildman–Crippen LogP) is 4.27. The van der Waals surface area contributed by atoms with Crippen molar-refractivity contribution in [2.75, 3.05) is 16.6 Å². The summed E-state index contributed by atoms with van der Waals surface area (Å²) in [6.07, 6.45) is -4.31. The van der Waals surface area contributed by atoms with Gasteiger partial charge >= 0.3 is 6.36 Å². The van der Waals surface area contributed by atoms with Crippen LogP contribution in [0.5, 0.6) is 11.5 Å². The van der Waals surface area contributed by atoms with Crippen LogP contribution in [0.4, 0.5) is 24.5 Å². The van der Waals surface area contributed by atoms with Gasteiger partial charge in [0.15, 0.2) is 0 Å². The van der Waals surface area contributed by atoms with E-state index in [4.69, 9.17) is 4.74 Å². The molecule has 2 atom stereocenters. The molecule has 2 amide bonds. The van der Waals surface area contributed by atoms with Crippen molar-refractivity contribution in [1.29, 1.82) is 0 Å². The zero-order valence-corrected chi connectivity index (χ0v) is 20.9. The number of anilines is 2. The van der Waals surface area contributed by atoms with Crippen LogP contribution in [0.25, 0.3) is 0 Å². The van der Waals surface area contributed by atoms with Gasteiger partial charge in [-0.05, 0) is 37.1 Å². The van der Waals surface area contributed by atoms with Crippen molar-refractivity contribution in [3.8, 4) is 11.5 Å². The highest BCUT2D eigenvalue weighted by Crippen LogP contribution is 2.31. The maximum atomic E-state index is 13.0. The van der Waals surface area contributed by atoms with E-state index in [2.05, 4.69) is 20.1 Å². The Morgan fingerprint density at radius 1 is 1.06 bits per heavy atom. The van der Waals surface area contributed by atoms with Crippen LogP contribution < -0.4 is 24.8 Å². The number of halogens is 3. The molecule has 2 rings (SSSR count). The molecule has 0 spiro atoms. The van der Waals surface area contributed by atoms with Crippen LogP contribution in [0.15, 0.2) is 47.4 Å². The molecule has 0 radical (unpaired) electrons. The number of ether oxygens (including phenoxy) is 2. The SMILES string of the molecule is CCOc1cc(NC(=O)[C@@H](NC(C)=O)C(C)CC)ccc1S(=O)(=O)Nc1cccc(OC(F)(F)F)c1. The minimum atomic E-state index is -4.94. The highest BCUT2D eigenvalue weighted by atomic mass is 32.2. The van der Waals surface area contributed by atoms with Crippen LogP contribution in [0.2, 0.25) is 0 Å². The first-order chi connectivity index (χ1) is 16.8. The van der Waals surface area contributed by atoms with E-state index < -0.39 is 34.1 Å². The summed E-state index contributed by atoms with van der Waals surface area (Å²) in [6.45, 7) is 6.70. The lowest BCUT2D eigenvalue weighted by Gasteiger charge is -2.23. The Morgan fingerprint density at radius 2 is 1.75 bits per heavy atom. The van der Waals surface area contributed by atoms with Crippen LogP contribution in [-0.2, 0) is 19.6 Å². The third-order valence-corrected chi connectivity index (χ3v) is 6.40. The molecule has 198 valence electrons. The number of carbonyl (C=O) groups excluding carboxylic acids is 2. The fraction of sp³-hybridized carbons (Fsp3) is 0.391. The van der Waals surface area contributed by atoms with Gasteiger partial charge in [0.25, 0.3) is 10.0 Å². The van der Waals surface area contributed by atoms with E-state index in [1.165, 1.54) is 37.3 Å². The Morgan fingerprint density at radius 3 is 2.33 bits per heavy atom. The first kappa shape index (κ1) is 28.8. The quantitative estimate of drug-likeness (QED) is 0.398. The molecular formula is C23H28F3N3O6S. The number of sulfonamides is 1. The molecule has 0 saturated carbocycles. The largest absolute Gasteiger partial charge is 0.573 e. The smallest absolute Gasteiger partial charge is 0.492 e. The van der Waals surface area contributed by atoms with Gasteiger partial charge in [-0.3, -0.25) is 14.3 Å². The fourth-order valence-corrected chi connectivity index (χ4v) is 4.36. The zero-order valence-electron chi connectivity index (χ0n) is 20.1. The van der Waals surface area contributed by atoms with E-state index in [1.807, 2.05) is 13.8 Å². The molecule has 0 aromatic heterocycles. The van der Waals surface area contributed by atoms with Crippen molar-refractivity contribution in [3.05, 3.63) is 42.5 Å². The van der Waals surface area contributed by atoms with Crippen LogP contribution in [0, 0.1) is 5.92 Å².